The van der Waals surface area contributed by atoms with E-state index in [1.54, 1.807) is 0 Å². The minimum absolute atomic E-state index is 0.0850. The number of nitro benzene ring substituents is 2. The summed E-state index contributed by atoms with van der Waals surface area (Å²) >= 11 is 0. The van der Waals surface area contributed by atoms with Crippen molar-refractivity contribution in [3.63, 3.8) is 0 Å². The van der Waals surface area contributed by atoms with Gasteiger partial charge in [0.05, 0.1) is 28.7 Å². The Kier molecular flexibility index (Phi) is 4.60. The number of ether oxygens (including phenoxy) is 1. The van der Waals surface area contributed by atoms with Crippen LogP contribution in [-0.4, -0.2) is 22.1 Å². The first-order valence-electron chi connectivity index (χ1n) is 6.45. The number of phenols is 1. The van der Waals surface area contributed by atoms with Gasteiger partial charge in [0.25, 0.3) is 11.4 Å². The Labute approximate surface area is 130 Å². The van der Waals surface area contributed by atoms with Gasteiger partial charge in [0.1, 0.15) is 11.5 Å². The Morgan fingerprint density at radius 1 is 1.09 bits per heavy atom. The highest BCUT2D eigenvalue weighted by molar-refractivity contribution is 5.61. The zero-order valence-corrected chi connectivity index (χ0v) is 12.1. The number of nitro groups is 2. The second-order valence-corrected chi connectivity index (χ2v) is 4.57. The van der Waals surface area contributed by atoms with Gasteiger partial charge in [-0.05, 0) is 12.1 Å². The molecule has 23 heavy (non-hydrogen) atoms. The third kappa shape index (κ3) is 3.64. The van der Waals surface area contributed by atoms with E-state index in [-0.39, 0.29) is 29.4 Å². The number of benzene rings is 2. The molecule has 0 heterocycles. The fourth-order valence-corrected chi connectivity index (χ4v) is 1.96. The van der Waals surface area contributed by atoms with E-state index in [1.165, 1.54) is 43.5 Å². The quantitative estimate of drug-likeness (QED) is 0.618. The molecule has 2 N–H and O–H groups in total. The molecule has 0 fully saturated rings. The minimum Gasteiger partial charge on any atom is -0.508 e. The molecule has 0 aromatic heterocycles. The SMILES string of the molecule is COc1cc([N+](=O)[O-])ccc1NCc1cc([N+](=O)[O-])ccc1O. The van der Waals surface area contributed by atoms with Crippen LogP contribution in [0.15, 0.2) is 36.4 Å². The molecule has 0 saturated carbocycles. The van der Waals surface area contributed by atoms with Crippen molar-refractivity contribution >= 4 is 17.1 Å². The summed E-state index contributed by atoms with van der Waals surface area (Å²) in [7, 11) is 1.37. The van der Waals surface area contributed by atoms with Crippen molar-refractivity contribution in [2.75, 3.05) is 12.4 Å². The van der Waals surface area contributed by atoms with Gasteiger partial charge < -0.3 is 15.2 Å². The molecule has 0 aliphatic rings. The van der Waals surface area contributed by atoms with Crippen LogP contribution in [0, 0.1) is 20.2 Å². The molecule has 0 bridgehead atoms. The molecule has 2 rings (SSSR count). The van der Waals surface area contributed by atoms with Gasteiger partial charge >= 0.3 is 0 Å². The van der Waals surface area contributed by atoms with Crippen LogP contribution >= 0.6 is 0 Å². The Hall–Kier alpha value is -3.36. The summed E-state index contributed by atoms with van der Waals surface area (Å²) in [5, 5.41) is 34.2. The van der Waals surface area contributed by atoms with Gasteiger partial charge in [-0.2, -0.15) is 0 Å². The van der Waals surface area contributed by atoms with E-state index >= 15 is 0 Å². The summed E-state index contributed by atoms with van der Waals surface area (Å²) in [6.07, 6.45) is 0. The minimum atomic E-state index is -0.560. The Bertz CT molecular complexity index is 762. The average Bonchev–Trinajstić information content (AvgIpc) is 2.53. The molecule has 2 aromatic carbocycles. The molecule has 0 aliphatic heterocycles. The number of hydrogen-bond donors (Lipinski definition) is 2. The summed E-state index contributed by atoms with van der Waals surface area (Å²) in [4.78, 5) is 20.4. The van der Waals surface area contributed by atoms with Crippen LogP contribution in [0.1, 0.15) is 5.56 Å². The number of phenolic OH excluding ortho intramolecular Hbond substituents is 1. The predicted molar refractivity (Wildman–Crippen MR) is 81.7 cm³/mol. The zero-order valence-electron chi connectivity index (χ0n) is 12.1. The van der Waals surface area contributed by atoms with E-state index < -0.39 is 9.85 Å². The van der Waals surface area contributed by atoms with Gasteiger partial charge in [-0.25, -0.2) is 0 Å². The van der Waals surface area contributed by atoms with Crippen molar-refractivity contribution in [2.45, 2.75) is 6.54 Å². The predicted octanol–water partition coefficient (Wildman–Crippen LogP) is 2.83. The van der Waals surface area contributed by atoms with Crippen LogP contribution in [0.5, 0.6) is 11.5 Å². The lowest BCUT2D eigenvalue weighted by Gasteiger charge is -2.11. The van der Waals surface area contributed by atoms with Gasteiger partial charge in [-0.15, -0.1) is 0 Å². The second-order valence-electron chi connectivity index (χ2n) is 4.57. The van der Waals surface area contributed by atoms with E-state index in [2.05, 4.69) is 5.32 Å². The van der Waals surface area contributed by atoms with Crippen LogP contribution in [0.3, 0.4) is 0 Å². The fraction of sp³-hybridized carbons (Fsp3) is 0.143. The lowest BCUT2D eigenvalue weighted by Crippen LogP contribution is -2.03. The van der Waals surface area contributed by atoms with Gasteiger partial charge in [-0.1, -0.05) is 0 Å². The summed E-state index contributed by atoms with van der Waals surface area (Å²) < 4.78 is 5.08. The number of hydrogen-bond acceptors (Lipinski definition) is 7. The van der Waals surface area contributed by atoms with E-state index in [0.717, 1.165) is 0 Å². The van der Waals surface area contributed by atoms with Crippen molar-refractivity contribution < 1.29 is 19.7 Å². The molecule has 120 valence electrons. The molecule has 9 nitrogen and oxygen atoms in total. The maximum Gasteiger partial charge on any atom is 0.273 e. The monoisotopic (exact) mass is 319 g/mol. The summed E-state index contributed by atoms with van der Waals surface area (Å²) in [6.45, 7) is 0.0850. The molecule has 0 amide bonds. The summed E-state index contributed by atoms with van der Waals surface area (Å²) in [5.41, 5.74) is 0.518. The number of rotatable bonds is 6. The molecule has 0 spiro atoms. The second kappa shape index (κ2) is 6.60. The molecule has 0 unspecified atom stereocenters. The molecule has 0 atom stereocenters. The van der Waals surface area contributed by atoms with Crippen molar-refractivity contribution in [3.05, 3.63) is 62.2 Å². The van der Waals surface area contributed by atoms with Crippen LogP contribution < -0.4 is 10.1 Å². The lowest BCUT2D eigenvalue weighted by molar-refractivity contribution is -0.385. The number of non-ortho nitro benzene ring substituents is 2. The first-order chi connectivity index (χ1) is 10.9. The maximum absolute atomic E-state index is 10.8. The third-order valence-electron chi connectivity index (χ3n) is 3.14. The molecule has 9 heteroatoms. The molecule has 0 radical (unpaired) electrons. The molecular weight excluding hydrogens is 306 g/mol. The Morgan fingerprint density at radius 3 is 2.30 bits per heavy atom. The lowest BCUT2D eigenvalue weighted by atomic mass is 10.1. The first kappa shape index (κ1) is 16.0. The van der Waals surface area contributed by atoms with Crippen LogP contribution in [-0.2, 0) is 6.54 Å². The van der Waals surface area contributed by atoms with E-state index in [4.69, 9.17) is 4.74 Å². The number of nitrogens with one attached hydrogen (secondary N) is 1. The third-order valence-corrected chi connectivity index (χ3v) is 3.14. The topological polar surface area (TPSA) is 128 Å². The van der Waals surface area contributed by atoms with Crippen LogP contribution in [0.2, 0.25) is 0 Å². The van der Waals surface area contributed by atoms with Gasteiger partial charge in [0.2, 0.25) is 0 Å². The molecule has 0 saturated heterocycles. The van der Waals surface area contributed by atoms with Crippen molar-refractivity contribution in [1.82, 2.24) is 0 Å². The van der Waals surface area contributed by atoms with Gasteiger partial charge in [0.15, 0.2) is 0 Å². The number of methoxy groups -OCH3 is 1. The summed E-state index contributed by atoms with van der Waals surface area (Å²) in [6, 6.07) is 7.72. The van der Waals surface area contributed by atoms with Gasteiger partial charge in [0, 0.05) is 30.3 Å². The normalized spacial score (nSPS) is 10.1. The molecule has 0 aliphatic carbocycles. The Balaban J connectivity index is 2.22. The van der Waals surface area contributed by atoms with E-state index in [0.29, 0.717) is 11.3 Å². The maximum atomic E-state index is 10.8. The standard InChI is InChI=1S/C14H13N3O6/c1-23-14-7-11(17(21)22)2-4-12(14)15-8-9-6-10(16(19)20)3-5-13(9)18/h2-7,15,18H,8H2,1H3. The van der Waals surface area contributed by atoms with Crippen molar-refractivity contribution in [1.29, 1.82) is 0 Å². The van der Waals surface area contributed by atoms with Crippen LogP contribution in [0.25, 0.3) is 0 Å². The zero-order chi connectivity index (χ0) is 17.0. The average molecular weight is 319 g/mol. The highest BCUT2D eigenvalue weighted by atomic mass is 16.6. The summed E-state index contributed by atoms with van der Waals surface area (Å²) in [5.74, 6) is 0.160. The highest BCUT2D eigenvalue weighted by Gasteiger charge is 2.13. The van der Waals surface area contributed by atoms with E-state index in [9.17, 15) is 25.3 Å². The fourth-order valence-electron chi connectivity index (χ4n) is 1.96. The molecular formula is C14H13N3O6. The van der Waals surface area contributed by atoms with Crippen LogP contribution in [0.4, 0.5) is 17.1 Å². The number of anilines is 1. The highest BCUT2D eigenvalue weighted by Crippen LogP contribution is 2.30. The van der Waals surface area contributed by atoms with Crippen molar-refractivity contribution in [2.24, 2.45) is 0 Å². The van der Waals surface area contributed by atoms with Gasteiger partial charge in [-0.3, -0.25) is 20.2 Å². The van der Waals surface area contributed by atoms with Crippen molar-refractivity contribution in [3.8, 4) is 11.5 Å². The largest absolute Gasteiger partial charge is 0.508 e. The first-order valence-corrected chi connectivity index (χ1v) is 6.45. The molecule has 2 aromatic rings. The number of aromatic hydroxyl groups is 1. The number of nitrogens with zero attached hydrogens (tertiary/aromatic N) is 2. The smallest absolute Gasteiger partial charge is 0.273 e. The Morgan fingerprint density at radius 2 is 1.70 bits per heavy atom. The van der Waals surface area contributed by atoms with E-state index in [1.807, 2.05) is 0 Å².